The van der Waals surface area contributed by atoms with E-state index >= 15 is 0 Å². The Morgan fingerprint density at radius 3 is 2.41 bits per heavy atom. The molecule has 0 aliphatic rings. The smallest absolute Gasteiger partial charge is 0.263 e. The highest BCUT2D eigenvalue weighted by Crippen LogP contribution is 2.21. The fourth-order valence-electron chi connectivity index (χ4n) is 3.13. The van der Waals surface area contributed by atoms with Gasteiger partial charge in [-0.3, -0.25) is 9.48 Å². The van der Waals surface area contributed by atoms with E-state index in [1.807, 2.05) is 36.7 Å². The lowest BCUT2D eigenvalue weighted by molar-refractivity contribution is -0.134. The number of aryl methyl sites for hydroxylation is 1. The van der Waals surface area contributed by atoms with E-state index < -0.39 is 5.60 Å². The molecule has 1 amide bonds. The molecule has 1 aromatic heterocycles. The number of halogens is 1. The van der Waals surface area contributed by atoms with Crippen molar-refractivity contribution in [2.24, 2.45) is 0 Å². The first kappa shape index (κ1) is 20.9. The molecular weight excluding hydrogens is 386 g/mol. The number of nitrogens with one attached hydrogen (secondary N) is 1. The van der Waals surface area contributed by atoms with E-state index in [1.165, 1.54) is 5.56 Å². The molecule has 0 aliphatic heterocycles. The maximum absolute atomic E-state index is 12.7. The van der Waals surface area contributed by atoms with Gasteiger partial charge in [0.15, 0.2) is 5.60 Å². The van der Waals surface area contributed by atoms with Gasteiger partial charge in [0.05, 0.1) is 12.2 Å². The zero-order valence-electron chi connectivity index (χ0n) is 17.2. The van der Waals surface area contributed by atoms with Gasteiger partial charge in [-0.05, 0) is 57.5 Å². The molecule has 5 nitrogen and oxygen atoms in total. The normalized spacial score (nSPS) is 11.3. The molecule has 0 saturated heterocycles. The lowest BCUT2D eigenvalue weighted by Crippen LogP contribution is -2.46. The number of hydrogen-bond donors (Lipinski definition) is 1. The molecule has 3 aromatic rings. The van der Waals surface area contributed by atoms with E-state index in [-0.39, 0.29) is 5.91 Å². The van der Waals surface area contributed by atoms with Crippen molar-refractivity contribution in [3.8, 4) is 5.75 Å². The minimum absolute atomic E-state index is 0.193. The molecule has 0 aliphatic carbocycles. The Morgan fingerprint density at radius 2 is 1.76 bits per heavy atom. The van der Waals surface area contributed by atoms with Gasteiger partial charge in [-0.2, -0.15) is 5.10 Å². The Bertz CT molecular complexity index is 979. The fraction of sp³-hybridized carbons (Fsp3) is 0.304. The molecule has 2 aromatic carbocycles. The first-order chi connectivity index (χ1) is 13.8. The second-order valence-electron chi connectivity index (χ2n) is 7.54. The van der Waals surface area contributed by atoms with Crippen molar-refractivity contribution in [3.63, 3.8) is 0 Å². The van der Waals surface area contributed by atoms with E-state index in [0.29, 0.717) is 23.9 Å². The van der Waals surface area contributed by atoms with E-state index in [0.717, 1.165) is 17.0 Å². The van der Waals surface area contributed by atoms with Gasteiger partial charge in [-0.1, -0.05) is 41.9 Å². The molecule has 0 spiro atoms. The van der Waals surface area contributed by atoms with Crippen LogP contribution in [0.25, 0.3) is 0 Å². The van der Waals surface area contributed by atoms with Gasteiger partial charge in [-0.15, -0.1) is 0 Å². The minimum atomic E-state index is -1.02. The van der Waals surface area contributed by atoms with E-state index in [9.17, 15) is 4.79 Å². The number of aromatic nitrogens is 2. The van der Waals surface area contributed by atoms with E-state index in [2.05, 4.69) is 22.5 Å². The number of carbonyl (C=O) groups is 1. The summed E-state index contributed by atoms with van der Waals surface area (Å²) in [5.74, 6) is 0.402. The second-order valence-corrected chi connectivity index (χ2v) is 7.98. The molecule has 152 valence electrons. The minimum Gasteiger partial charge on any atom is -0.478 e. The quantitative estimate of drug-likeness (QED) is 0.614. The Hall–Kier alpha value is -2.79. The molecule has 0 bridgehead atoms. The van der Waals surface area contributed by atoms with Crippen LogP contribution in [0.1, 0.15) is 36.4 Å². The van der Waals surface area contributed by atoms with Gasteiger partial charge in [0.2, 0.25) is 0 Å². The molecule has 3 rings (SSSR count). The fourth-order valence-corrected chi connectivity index (χ4v) is 3.25. The number of nitrogens with zero attached hydrogens (tertiary/aromatic N) is 2. The maximum Gasteiger partial charge on any atom is 0.263 e. The van der Waals surface area contributed by atoms with Crippen LogP contribution in [-0.2, 0) is 17.9 Å². The highest BCUT2D eigenvalue weighted by Gasteiger charge is 2.30. The Balaban J connectivity index is 1.65. The molecule has 1 N–H and O–H groups in total. The molecule has 6 heteroatoms. The largest absolute Gasteiger partial charge is 0.478 e. The summed E-state index contributed by atoms with van der Waals surface area (Å²) in [6.45, 7) is 8.58. The standard InChI is InChI=1S/C23H26ClN3O2/c1-16-21(17(2)27(26-16)15-18-8-6-5-7-9-18)14-25-22(28)23(3,4)29-20-12-10-19(24)11-13-20/h5-13H,14-15H2,1-4H3,(H,25,28). The lowest BCUT2D eigenvalue weighted by Gasteiger charge is -2.25. The highest BCUT2D eigenvalue weighted by atomic mass is 35.5. The third-order valence-electron chi connectivity index (χ3n) is 4.87. The summed E-state index contributed by atoms with van der Waals surface area (Å²) in [5, 5.41) is 8.25. The first-order valence-corrected chi connectivity index (χ1v) is 9.94. The van der Waals surface area contributed by atoms with Gasteiger partial charge < -0.3 is 10.1 Å². The Kier molecular flexibility index (Phi) is 6.28. The Labute approximate surface area is 176 Å². The van der Waals surface area contributed by atoms with Crippen LogP contribution in [0.4, 0.5) is 0 Å². The SMILES string of the molecule is Cc1nn(Cc2ccccc2)c(C)c1CNC(=O)C(C)(C)Oc1ccc(Cl)cc1. The average molecular weight is 412 g/mol. The molecule has 0 atom stereocenters. The van der Waals surface area contributed by atoms with Gasteiger partial charge in [0.1, 0.15) is 5.75 Å². The van der Waals surface area contributed by atoms with Crippen LogP contribution >= 0.6 is 11.6 Å². The molecule has 0 fully saturated rings. The molecule has 0 saturated carbocycles. The third kappa shape index (κ3) is 5.18. The van der Waals surface area contributed by atoms with Crippen molar-refractivity contribution in [1.82, 2.24) is 15.1 Å². The number of ether oxygens (including phenoxy) is 1. The Morgan fingerprint density at radius 1 is 1.10 bits per heavy atom. The molecule has 0 radical (unpaired) electrons. The van der Waals surface area contributed by atoms with E-state index in [4.69, 9.17) is 16.3 Å². The molecule has 0 unspecified atom stereocenters. The van der Waals surface area contributed by atoms with Crippen LogP contribution in [0.2, 0.25) is 5.02 Å². The zero-order chi connectivity index (χ0) is 21.0. The molecular formula is C23H26ClN3O2. The maximum atomic E-state index is 12.7. The number of benzene rings is 2. The van der Waals surface area contributed by atoms with Crippen molar-refractivity contribution in [3.05, 3.63) is 82.1 Å². The summed E-state index contributed by atoms with van der Waals surface area (Å²) < 4.78 is 7.83. The van der Waals surface area contributed by atoms with Crippen LogP contribution < -0.4 is 10.1 Å². The number of carbonyl (C=O) groups excluding carboxylic acids is 1. The number of amides is 1. The first-order valence-electron chi connectivity index (χ1n) is 9.56. The number of hydrogen-bond acceptors (Lipinski definition) is 3. The van der Waals surface area contributed by atoms with Crippen LogP contribution in [0.3, 0.4) is 0 Å². The zero-order valence-corrected chi connectivity index (χ0v) is 18.0. The van der Waals surface area contributed by atoms with Crippen molar-refractivity contribution >= 4 is 17.5 Å². The van der Waals surface area contributed by atoms with Crippen molar-refractivity contribution in [2.75, 3.05) is 0 Å². The summed E-state index contributed by atoms with van der Waals surface area (Å²) in [7, 11) is 0. The van der Waals surface area contributed by atoms with E-state index in [1.54, 1.807) is 38.1 Å². The average Bonchev–Trinajstić information content (AvgIpc) is 2.95. The molecule has 29 heavy (non-hydrogen) atoms. The highest BCUT2D eigenvalue weighted by molar-refractivity contribution is 6.30. The summed E-state index contributed by atoms with van der Waals surface area (Å²) in [4.78, 5) is 12.7. The van der Waals surface area contributed by atoms with Crippen LogP contribution in [0, 0.1) is 13.8 Å². The van der Waals surface area contributed by atoms with Crippen molar-refractivity contribution < 1.29 is 9.53 Å². The predicted octanol–water partition coefficient (Wildman–Crippen LogP) is 4.68. The molecule has 1 heterocycles. The van der Waals surface area contributed by atoms with Gasteiger partial charge >= 0.3 is 0 Å². The third-order valence-corrected chi connectivity index (χ3v) is 5.12. The number of rotatable bonds is 7. The summed E-state index contributed by atoms with van der Waals surface area (Å²) in [6.07, 6.45) is 0. The summed E-state index contributed by atoms with van der Waals surface area (Å²) in [5.41, 5.74) is 3.15. The predicted molar refractivity (Wildman–Crippen MR) is 115 cm³/mol. The van der Waals surface area contributed by atoms with Gasteiger partial charge in [-0.25, -0.2) is 0 Å². The summed E-state index contributed by atoms with van der Waals surface area (Å²) >= 11 is 5.90. The van der Waals surface area contributed by atoms with Crippen molar-refractivity contribution in [2.45, 2.75) is 46.4 Å². The topological polar surface area (TPSA) is 56.2 Å². The second kappa shape index (κ2) is 8.70. The van der Waals surface area contributed by atoms with Gasteiger partial charge in [0, 0.05) is 22.8 Å². The van der Waals surface area contributed by atoms with Gasteiger partial charge in [0.25, 0.3) is 5.91 Å². The summed E-state index contributed by atoms with van der Waals surface area (Å²) in [6, 6.07) is 17.2. The van der Waals surface area contributed by atoms with Crippen LogP contribution in [-0.4, -0.2) is 21.3 Å². The monoisotopic (exact) mass is 411 g/mol. The van der Waals surface area contributed by atoms with Crippen LogP contribution in [0.5, 0.6) is 5.75 Å². The van der Waals surface area contributed by atoms with Crippen LogP contribution in [0.15, 0.2) is 54.6 Å². The lowest BCUT2D eigenvalue weighted by atomic mass is 10.1. The van der Waals surface area contributed by atoms with Crippen molar-refractivity contribution in [1.29, 1.82) is 0 Å².